The van der Waals surface area contributed by atoms with Crippen molar-refractivity contribution in [2.45, 2.75) is 45.5 Å². The van der Waals surface area contributed by atoms with Gasteiger partial charge in [-0.3, -0.25) is 0 Å². The van der Waals surface area contributed by atoms with E-state index in [1.165, 1.54) is 0 Å². The predicted octanol–water partition coefficient (Wildman–Crippen LogP) is 3.77. The van der Waals surface area contributed by atoms with Gasteiger partial charge in [0.05, 0.1) is 23.8 Å². The van der Waals surface area contributed by atoms with E-state index in [9.17, 15) is 18.0 Å². The maximum atomic E-state index is 13.0. The molecule has 2 heterocycles. The first-order chi connectivity index (χ1) is 12.9. The first-order valence-electron chi connectivity index (χ1n) is 9.04. The van der Waals surface area contributed by atoms with Crippen LogP contribution in [-0.2, 0) is 30.7 Å². The third-order valence-corrected chi connectivity index (χ3v) is 5.28. The van der Waals surface area contributed by atoms with Crippen molar-refractivity contribution in [1.82, 2.24) is 9.97 Å². The lowest BCUT2D eigenvalue weighted by Gasteiger charge is -2.23. The van der Waals surface area contributed by atoms with Crippen molar-refractivity contribution >= 4 is 11.9 Å². The summed E-state index contributed by atoms with van der Waals surface area (Å²) in [7, 11) is 0. The second-order valence-corrected chi connectivity index (χ2v) is 6.99. The summed E-state index contributed by atoms with van der Waals surface area (Å²) in [5, 5.41) is 0. The molecule has 1 N–H and O–H groups in total. The molecule has 1 aliphatic heterocycles. The summed E-state index contributed by atoms with van der Waals surface area (Å²) < 4.78 is 44.2. The van der Waals surface area contributed by atoms with E-state index in [0.29, 0.717) is 43.3 Å². The number of halogens is 3. The lowest BCUT2D eigenvalue weighted by atomic mass is 9.89. The van der Waals surface area contributed by atoms with Gasteiger partial charge in [-0.2, -0.15) is 13.2 Å². The number of esters is 1. The van der Waals surface area contributed by atoms with Crippen LogP contribution in [0.15, 0.2) is 18.2 Å². The Labute approximate surface area is 154 Å². The minimum absolute atomic E-state index is 0.0792. The van der Waals surface area contributed by atoms with Gasteiger partial charge in [-0.1, -0.05) is 12.1 Å². The number of hydrogen-bond acceptors (Lipinski definition) is 4. The van der Waals surface area contributed by atoms with E-state index in [1.54, 1.807) is 13.0 Å². The molecular formula is C19H20F3N3O2. The van der Waals surface area contributed by atoms with Gasteiger partial charge < -0.3 is 14.6 Å². The van der Waals surface area contributed by atoms with Gasteiger partial charge in [-0.25, -0.2) is 9.78 Å². The number of carbonyl (C=O) groups excluding carboxylic acids is 1. The number of nitrogens with one attached hydrogen (secondary N) is 1. The Hall–Kier alpha value is -2.51. The zero-order valence-electron chi connectivity index (χ0n) is 14.9. The van der Waals surface area contributed by atoms with Crippen LogP contribution in [0, 0.1) is 5.92 Å². The summed E-state index contributed by atoms with van der Waals surface area (Å²) in [5.74, 6) is -1.12. The zero-order valence-corrected chi connectivity index (χ0v) is 14.9. The molecule has 0 saturated heterocycles. The highest BCUT2D eigenvalue weighted by Gasteiger charge is 2.42. The highest BCUT2D eigenvalue weighted by Crippen LogP contribution is 2.38. The van der Waals surface area contributed by atoms with Gasteiger partial charge in [0.1, 0.15) is 0 Å². The maximum Gasteiger partial charge on any atom is 0.392 e. The Bertz CT molecular complexity index is 876. The van der Waals surface area contributed by atoms with E-state index in [0.717, 1.165) is 16.8 Å². The lowest BCUT2D eigenvalue weighted by Crippen LogP contribution is -2.28. The van der Waals surface area contributed by atoms with Gasteiger partial charge >= 0.3 is 12.1 Å². The summed E-state index contributed by atoms with van der Waals surface area (Å²) in [6, 6.07) is 5.50. The Morgan fingerprint density at radius 1 is 1.37 bits per heavy atom. The largest absolute Gasteiger partial charge is 0.462 e. The molecule has 4 rings (SSSR count). The molecule has 144 valence electrons. The van der Waals surface area contributed by atoms with Crippen molar-refractivity contribution in [2.75, 3.05) is 11.5 Å². The second kappa shape index (κ2) is 6.58. The molecule has 0 unspecified atom stereocenters. The monoisotopic (exact) mass is 379 g/mol. The van der Waals surface area contributed by atoms with E-state index < -0.39 is 12.1 Å². The average molecular weight is 379 g/mol. The number of carbonyl (C=O) groups is 1. The number of rotatable bonds is 3. The fourth-order valence-electron chi connectivity index (χ4n) is 3.86. The molecule has 27 heavy (non-hydrogen) atoms. The number of nitrogens with zero attached hydrogens (tertiary/aromatic N) is 2. The fourth-order valence-corrected chi connectivity index (χ4v) is 3.86. The number of anilines is 1. The van der Waals surface area contributed by atoms with E-state index in [-0.39, 0.29) is 18.8 Å². The standard InChI is InChI=1S/C19H20F3N3O2/c1-2-27-17(26)13-5-3-4-11-9-25(10-14(11)13)18-23-15-7-6-12(19(20,21)22)8-16(15)24-18/h3-5,12H,2,6-10H2,1H3,(H,23,24)/t12-/m0/s1. The molecule has 0 bridgehead atoms. The SMILES string of the molecule is CCOC(=O)c1cccc2c1CN(c1nc3c([nH]1)CC[C@H](C(F)(F)F)C3)C2. The Morgan fingerprint density at radius 2 is 2.19 bits per heavy atom. The molecule has 0 spiro atoms. The topological polar surface area (TPSA) is 58.2 Å². The predicted molar refractivity (Wildman–Crippen MR) is 92.4 cm³/mol. The van der Waals surface area contributed by atoms with Crippen LogP contribution in [-0.4, -0.2) is 28.7 Å². The van der Waals surface area contributed by atoms with Crippen molar-refractivity contribution in [2.24, 2.45) is 5.92 Å². The quantitative estimate of drug-likeness (QED) is 0.825. The molecule has 1 aromatic carbocycles. The normalized spacial score (nSPS) is 19.0. The Balaban J connectivity index is 1.56. The van der Waals surface area contributed by atoms with Crippen LogP contribution in [0.5, 0.6) is 0 Å². The number of hydrogen-bond donors (Lipinski definition) is 1. The number of aryl methyl sites for hydroxylation is 1. The number of benzene rings is 1. The summed E-state index contributed by atoms with van der Waals surface area (Å²) >= 11 is 0. The van der Waals surface area contributed by atoms with Gasteiger partial charge in [-0.05, 0) is 37.0 Å². The van der Waals surface area contributed by atoms with E-state index >= 15 is 0 Å². The van der Waals surface area contributed by atoms with Crippen LogP contribution in [0.25, 0.3) is 0 Å². The number of aromatic amines is 1. The van der Waals surface area contributed by atoms with Crippen molar-refractivity contribution in [1.29, 1.82) is 0 Å². The molecule has 2 aromatic rings. The van der Waals surface area contributed by atoms with Crippen molar-refractivity contribution in [3.05, 3.63) is 46.3 Å². The first-order valence-corrected chi connectivity index (χ1v) is 9.04. The van der Waals surface area contributed by atoms with Gasteiger partial charge in [0.15, 0.2) is 0 Å². The third kappa shape index (κ3) is 3.28. The average Bonchev–Trinajstić information content (AvgIpc) is 3.23. The van der Waals surface area contributed by atoms with E-state index in [1.807, 2.05) is 17.0 Å². The van der Waals surface area contributed by atoms with E-state index in [2.05, 4.69) is 9.97 Å². The number of imidazole rings is 1. The number of H-pyrrole nitrogens is 1. The number of alkyl halides is 3. The van der Waals surface area contributed by atoms with Gasteiger partial charge in [-0.15, -0.1) is 0 Å². The molecule has 5 nitrogen and oxygen atoms in total. The number of ether oxygens (including phenoxy) is 1. The van der Waals surface area contributed by atoms with E-state index in [4.69, 9.17) is 4.74 Å². The molecule has 0 radical (unpaired) electrons. The fraction of sp³-hybridized carbons (Fsp3) is 0.474. The summed E-state index contributed by atoms with van der Waals surface area (Å²) in [6.45, 7) is 3.09. The minimum atomic E-state index is -4.19. The molecular weight excluding hydrogens is 359 g/mol. The Morgan fingerprint density at radius 3 is 2.93 bits per heavy atom. The van der Waals surface area contributed by atoms with Crippen LogP contribution in [0.3, 0.4) is 0 Å². The Kier molecular flexibility index (Phi) is 4.36. The molecule has 8 heteroatoms. The highest BCUT2D eigenvalue weighted by molar-refractivity contribution is 5.92. The molecule has 0 fully saturated rings. The van der Waals surface area contributed by atoms with Crippen LogP contribution in [0.2, 0.25) is 0 Å². The summed E-state index contributed by atoms with van der Waals surface area (Å²) in [5.41, 5.74) is 3.71. The molecule has 1 atom stereocenters. The van der Waals surface area contributed by atoms with Crippen LogP contribution >= 0.6 is 0 Å². The smallest absolute Gasteiger partial charge is 0.392 e. The summed E-state index contributed by atoms with van der Waals surface area (Å²) in [6.07, 6.45) is -3.83. The molecule has 0 saturated carbocycles. The minimum Gasteiger partial charge on any atom is -0.462 e. The van der Waals surface area contributed by atoms with Gasteiger partial charge in [0, 0.05) is 25.2 Å². The number of fused-ring (bicyclic) bond motifs is 2. The van der Waals surface area contributed by atoms with Crippen LogP contribution in [0.4, 0.5) is 19.1 Å². The second-order valence-electron chi connectivity index (χ2n) is 6.99. The number of aromatic nitrogens is 2. The molecule has 1 aliphatic carbocycles. The lowest BCUT2D eigenvalue weighted by molar-refractivity contribution is -0.177. The zero-order chi connectivity index (χ0) is 19.2. The van der Waals surface area contributed by atoms with Gasteiger partial charge in [0.2, 0.25) is 5.95 Å². The van der Waals surface area contributed by atoms with Crippen molar-refractivity contribution < 1.29 is 22.7 Å². The van der Waals surface area contributed by atoms with Crippen molar-refractivity contribution in [3.8, 4) is 0 Å². The van der Waals surface area contributed by atoms with Gasteiger partial charge in [0.25, 0.3) is 0 Å². The van der Waals surface area contributed by atoms with Crippen LogP contribution < -0.4 is 4.90 Å². The third-order valence-electron chi connectivity index (χ3n) is 5.28. The molecule has 2 aliphatic rings. The summed E-state index contributed by atoms with van der Waals surface area (Å²) in [4.78, 5) is 21.8. The van der Waals surface area contributed by atoms with Crippen LogP contribution in [0.1, 0.15) is 46.2 Å². The van der Waals surface area contributed by atoms with Crippen molar-refractivity contribution in [3.63, 3.8) is 0 Å². The molecule has 1 aromatic heterocycles. The first kappa shape index (κ1) is 17.9. The molecule has 0 amide bonds. The highest BCUT2D eigenvalue weighted by atomic mass is 19.4. The maximum absolute atomic E-state index is 13.0.